The predicted molar refractivity (Wildman–Crippen MR) is 143 cm³/mol. The van der Waals surface area contributed by atoms with Gasteiger partial charge >= 0.3 is 0 Å². The molecule has 2 fully saturated rings. The Balaban J connectivity index is 1.59. The summed E-state index contributed by atoms with van der Waals surface area (Å²) >= 11 is 3.40. The van der Waals surface area contributed by atoms with Crippen LogP contribution in [0.25, 0.3) is 0 Å². The molecule has 3 atom stereocenters. The van der Waals surface area contributed by atoms with Crippen molar-refractivity contribution in [1.29, 1.82) is 0 Å². The minimum Gasteiger partial charge on any atom is -0.497 e. The number of benzene rings is 3. The van der Waals surface area contributed by atoms with Gasteiger partial charge in [-0.2, -0.15) is 0 Å². The number of nitrogens with zero attached hydrogens (tertiary/aromatic N) is 2. The number of fused-ring (bicyclic) bond motifs is 1. The van der Waals surface area contributed by atoms with Gasteiger partial charge in [-0.3, -0.25) is 19.4 Å². The van der Waals surface area contributed by atoms with Crippen LogP contribution in [-0.4, -0.2) is 49.6 Å². The Morgan fingerprint density at radius 2 is 1.68 bits per heavy atom. The van der Waals surface area contributed by atoms with Gasteiger partial charge in [0.15, 0.2) is 0 Å². The lowest BCUT2D eigenvalue weighted by Crippen LogP contribution is -2.48. The standard InChI is InChI=1S/C28H26BrN3O6/c1-4-38-19-10-8-18(9-11-19)31-27(34)23-24(21-15-20(36-2)12-13-22(21)37-3)30-32(25(23)28(31)35)26(33)16-6-5-7-17(29)14-16/h5-15,23-25,30H,4H2,1-3H3. The number of carbonyl (C=O) groups excluding carboxylic acids is 3. The number of amides is 3. The SMILES string of the molecule is CCOc1ccc(N2C(=O)C3C(c4cc(OC)ccc4OC)NN(C(=O)c4cccc(Br)c4)C3C2=O)cc1. The zero-order valence-corrected chi connectivity index (χ0v) is 22.6. The van der Waals surface area contributed by atoms with Gasteiger partial charge in [0.1, 0.15) is 23.3 Å². The molecule has 3 aromatic carbocycles. The zero-order valence-electron chi connectivity index (χ0n) is 21.0. The van der Waals surface area contributed by atoms with Crippen LogP contribution in [0.4, 0.5) is 5.69 Å². The summed E-state index contributed by atoms with van der Waals surface area (Å²) < 4.78 is 17.2. The molecule has 2 aliphatic heterocycles. The molecule has 2 heterocycles. The van der Waals surface area contributed by atoms with Crippen LogP contribution in [0.1, 0.15) is 28.9 Å². The third-order valence-corrected chi connectivity index (χ3v) is 7.20. The number of rotatable bonds is 7. The maximum atomic E-state index is 13.9. The molecule has 1 N–H and O–H groups in total. The second-order valence-electron chi connectivity index (χ2n) is 8.81. The van der Waals surface area contributed by atoms with Crippen LogP contribution < -0.4 is 24.5 Å². The molecule has 196 valence electrons. The van der Waals surface area contributed by atoms with E-state index in [0.717, 1.165) is 9.37 Å². The summed E-state index contributed by atoms with van der Waals surface area (Å²) in [5, 5.41) is 1.27. The van der Waals surface area contributed by atoms with Crippen LogP contribution in [0.3, 0.4) is 0 Å². The first kappa shape index (κ1) is 25.7. The van der Waals surface area contributed by atoms with Gasteiger partial charge in [0, 0.05) is 15.6 Å². The molecule has 3 aromatic rings. The molecule has 0 spiro atoms. The second kappa shape index (κ2) is 10.5. The van der Waals surface area contributed by atoms with Crippen molar-refractivity contribution in [2.24, 2.45) is 5.92 Å². The first-order valence-corrected chi connectivity index (χ1v) is 12.8. The lowest BCUT2D eigenvalue weighted by atomic mass is 9.90. The average molecular weight is 580 g/mol. The second-order valence-corrected chi connectivity index (χ2v) is 9.73. The summed E-state index contributed by atoms with van der Waals surface area (Å²) in [5.74, 6) is -0.565. The Hall–Kier alpha value is -3.89. The predicted octanol–water partition coefficient (Wildman–Crippen LogP) is 4.12. The van der Waals surface area contributed by atoms with Gasteiger partial charge in [0.05, 0.1) is 38.5 Å². The summed E-state index contributed by atoms with van der Waals surface area (Å²) in [6, 6.07) is 17.0. The van der Waals surface area contributed by atoms with E-state index in [1.54, 1.807) is 66.7 Å². The van der Waals surface area contributed by atoms with Crippen LogP contribution in [0.5, 0.6) is 17.2 Å². The highest BCUT2D eigenvalue weighted by atomic mass is 79.9. The van der Waals surface area contributed by atoms with Gasteiger partial charge in [0.2, 0.25) is 5.91 Å². The smallest absolute Gasteiger partial charge is 0.268 e. The molecule has 3 unspecified atom stereocenters. The Morgan fingerprint density at radius 3 is 2.34 bits per heavy atom. The number of methoxy groups -OCH3 is 2. The van der Waals surface area contributed by atoms with E-state index in [9.17, 15) is 14.4 Å². The number of imide groups is 1. The Bertz CT molecular complexity index is 1400. The van der Waals surface area contributed by atoms with E-state index in [1.807, 2.05) is 6.92 Å². The first-order valence-electron chi connectivity index (χ1n) is 12.1. The molecule has 9 nitrogen and oxygen atoms in total. The number of anilines is 1. The zero-order chi connectivity index (χ0) is 27.0. The summed E-state index contributed by atoms with van der Waals surface area (Å²) in [7, 11) is 3.06. The number of halogens is 1. The third-order valence-electron chi connectivity index (χ3n) is 6.70. The van der Waals surface area contributed by atoms with Crippen molar-refractivity contribution in [3.8, 4) is 17.2 Å². The average Bonchev–Trinajstić information content (AvgIpc) is 3.45. The van der Waals surface area contributed by atoms with Crippen LogP contribution in [-0.2, 0) is 9.59 Å². The Kier molecular flexibility index (Phi) is 7.09. The summed E-state index contributed by atoms with van der Waals surface area (Å²) in [5.41, 5.74) is 4.53. The Morgan fingerprint density at radius 1 is 0.947 bits per heavy atom. The highest BCUT2D eigenvalue weighted by Gasteiger charge is 2.61. The minimum absolute atomic E-state index is 0.364. The normalized spacial score (nSPS) is 20.5. The van der Waals surface area contributed by atoms with Gasteiger partial charge in [-0.1, -0.05) is 22.0 Å². The molecule has 2 aliphatic rings. The van der Waals surface area contributed by atoms with E-state index in [-0.39, 0.29) is 0 Å². The molecule has 0 aliphatic carbocycles. The quantitative estimate of drug-likeness (QED) is 0.420. The van der Waals surface area contributed by atoms with E-state index in [2.05, 4.69) is 21.4 Å². The summed E-state index contributed by atoms with van der Waals surface area (Å²) in [4.78, 5) is 42.6. The first-order chi connectivity index (χ1) is 18.4. The number of hydrazine groups is 1. The minimum atomic E-state index is -1.07. The Labute approximate surface area is 228 Å². The molecule has 0 saturated carbocycles. The van der Waals surface area contributed by atoms with E-state index < -0.39 is 35.7 Å². The maximum Gasteiger partial charge on any atom is 0.268 e. The van der Waals surface area contributed by atoms with Crippen LogP contribution in [0.15, 0.2) is 71.2 Å². The van der Waals surface area contributed by atoms with Gasteiger partial charge in [-0.25, -0.2) is 10.3 Å². The van der Waals surface area contributed by atoms with Crippen molar-refractivity contribution < 1.29 is 28.6 Å². The highest BCUT2D eigenvalue weighted by Crippen LogP contribution is 2.45. The summed E-state index contributed by atoms with van der Waals surface area (Å²) in [6.45, 7) is 2.37. The lowest BCUT2D eigenvalue weighted by molar-refractivity contribution is -0.123. The molecule has 5 rings (SSSR count). The molecule has 0 bridgehead atoms. The number of nitrogens with one attached hydrogen (secondary N) is 1. The van der Waals surface area contributed by atoms with Crippen molar-refractivity contribution in [2.75, 3.05) is 25.7 Å². The highest BCUT2D eigenvalue weighted by molar-refractivity contribution is 9.10. The molecule has 0 aromatic heterocycles. The van der Waals surface area contributed by atoms with Gasteiger partial charge in [0.25, 0.3) is 11.8 Å². The molecule has 2 saturated heterocycles. The fourth-order valence-electron chi connectivity index (χ4n) is 4.99. The monoisotopic (exact) mass is 579 g/mol. The van der Waals surface area contributed by atoms with E-state index in [1.165, 1.54) is 19.2 Å². The molecule has 10 heteroatoms. The van der Waals surface area contributed by atoms with E-state index >= 15 is 0 Å². The van der Waals surface area contributed by atoms with Crippen LogP contribution in [0, 0.1) is 5.92 Å². The third kappa shape index (κ3) is 4.39. The molecular weight excluding hydrogens is 554 g/mol. The molecule has 3 amide bonds. The molecule has 38 heavy (non-hydrogen) atoms. The molecule has 0 radical (unpaired) electrons. The van der Waals surface area contributed by atoms with Gasteiger partial charge in [-0.05, 0) is 67.6 Å². The summed E-state index contributed by atoms with van der Waals surface area (Å²) in [6.07, 6.45) is 0. The number of hydrogen-bond acceptors (Lipinski definition) is 7. The van der Waals surface area contributed by atoms with Crippen molar-refractivity contribution in [3.05, 3.63) is 82.3 Å². The van der Waals surface area contributed by atoms with E-state index in [0.29, 0.717) is 40.7 Å². The van der Waals surface area contributed by atoms with Gasteiger partial charge < -0.3 is 14.2 Å². The molecular formula is C28H26BrN3O6. The maximum absolute atomic E-state index is 13.9. The largest absolute Gasteiger partial charge is 0.497 e. The fourth-order valence-corrected chi connectivity index (χ4v) is 5.39. The van der Waals surface area contributed by atoms with Crippen molar-refractivity contribution in [2.45, 2.75) is 19.0 Å². The number of ether oxygens (including phenoxy) is 3. The lowest BCUT2D eigenvalue weighted by Gasteiger charge is -2.26. The van der Waals surface area contributed by atoms with Crippen molar-refractivity contribution in [1.82, 2.24) is 10.4 Å². The fraction of sp³-hybridized carbons (Fsp3) is 0.250. The van der Waals surface area contributed by atoms with Crippen LogP contribution in [0.2, 0.25) is 0 Å². The van der Waals surface area contributed by atoms with Gasteiger partial charge in [-0.15, -0.1) is 0 Å². The van der Waals surface area contributed by atoms with Crippen molar-refractivity contribution >= 4 is 39.3 Å². The number of hydrogen-bond donors (Lipinski definition) is 1. The van der Waals surface area contributed by atoms with Crippen molar-refractivity contribution in [3.63, 3.8) is 0 Å². The number of carbonyl (C=O) groups is 3. The van der Waals surface area contributed by atoms with Crippen LogP contribution >= 0.6 is 15.9 Å². The topological polar surface area (TPSA) is 97.4 Å². The van der Waals surface area contributed by atoms with E-state index in [4.69, 9.17) is 14.2 Å².